The number of ether oxygens (including phenoxy) is 1. The van der Waals surface area contributed by atoms with Crippen LogP contribution in [-0.4, -0.2) is 27.6 Å². The van der Waals surface area contributed by atoms with Gasteiger partial charge in [0.05, 0.1) is 0 Å². The summed E-state index contributed by atoms with van der Waals surface area (Å²) in [6.45, 7) is 7.98. The molecule has 2 nitrogen and oxygen atoms in total. The molecule has 15 heavy (non-hydrogen) atoms. The van der Waals surface area contributed by atoms with Crippen LogP contribution < -0.4 is 0 Å². The van der Waals surface area contributed by atoms with Crippen LogP contribution in [0.15, 0.2) is 0 Å². The molecular formula is C10H22F2O2Si. The Labute approximate surface area is 92.1 Å². The van der Waals surface area contributed by atoms with Crippen LogP contribution in [0.25, 0.3) is 0 Å². The van der Waals surface area contributed by atoms with Crippen molar-refractivity contribution in [2.45, 2.75) is 58.5 Å². The lowest BCUT2D eigenvalue weighted by molar-refractivity contribution is -0.162. The molecule has 0 fully saturated rings. The van der Waals surface area contributed by atoms with Gasteiger partial charge in [-0.2, -0.15) is 0 Å². The van der Waals surface area contributed by atoms with Crippen molar-refractivity contribution in [3.8, 4) is 0 Å². The molecule has 0 spiro atoms. The van der Waals surface area contributed by atoms with Crippen molar-refractivity contribution in [2.75, 3.05) is 6.61 Å². The summed E-state index contributed by atoms with van der Waals surface area (Å²) in [5, 5.41) is 0. The highest BCUT2D eigenvalue weighted by Gasteiger charge is 2.35. The van der Waals surface area contributed by atoms with E-state index in [4.69, 9.17) is 9.16 Å². The van der Waals surface area contributed by atoms with Gasteiger partial charge in [0.2, 0.25) is 6.29 Å². The third-order valence-electron chi connectivity index (χ3n) is 2.84. The molecule has 0 aliphatic heterocycles. The number of rotatable bonds is 8. The predicted octanol–water partition coefficient (Wildman–Crippen LogP) is 3.64. The zero-order valence-electron chi connectivity index (χ0n) is 10.1. The van der Waals surface area contributed by atoms with Crippen LogP contribution in [0.1, 0.15) is 27.7 Å². The fraction of sp³-hybridized carbons (Fsp3) is 1.00. The van der Waals surface area contributed by atoms with Gasteiger partial charge in [-0.3, -0.25) is 0 Å². The Balaban J connectivity index is 4.45. The van der Waals surface area contributed by atoms with Crippen LogP contribution in [0.5, 0.6) is 0 Å². The van der Waals surface area contributed by atoms with Crippen LogP contribution in [-0.2, 0) is 9.16 Å². The number of alkyl halides is 2. The van der Waals surface area contributed by atoms with E-state index in [1.54, 1.807) is 6.92 Å². The topological polar surface area (TPSA) is 18.5 Å². The first kappa shape index (κ1) is 15.0. The maximum absolute atomic E-state index is 12.6. The van der Waals surface area contributed by atoms with E-state index in [0.717, 1.165) is 18.1 Å². The van der Waals surface area contributed by atoms with Gasteiger partial charge in [0, 0.05) is 6.61 Å². The standard InChI is InChI=1S/C10H22F2O2Si/c1-5-13-10(9(11)12)14-15(6-2,7-3)8-4/h9-10H,5-8H2,1-4H3. The van der Waals surface area contributed by atoms with E-state index in [-0.39, 0.29) is 6.61 Å². The third kappa shape index (κ3) is 4.57. The second-order valence-corrected chi connectivity index (χ2v) is 8.24. The van der Waals surface area contributed by atoms with Crippen molar-refractivity contribution in [3.05, 3.63) is 0 Å². The summed E-state index contributed by atoms with van der Waals surface area (Å²) < 4.78 is 35.7. The van der Waals surface area contributed by atoms with Gasteiger partial charge in [-0.05, 0) is 25.1 Å². The summed E-state index contributed by atoms with van der Waals surface area (Å²) in [5.74, 6) is 0. The van der Waals surface area contributed by atoms with E-state index in [1.807, 2.05) is 20.8 Å². The van der Waals surface area contributed by atoms with E-state index < -0.39 is 21.0 Å². The molecule has 0 heterocycles. The van der Waals surface area contributed by atoms with Gasteiger partial charge in [0.15, 0.2) is 8.32 Å². The molecule has 1 unspecified atom stereocenters. The van der Waals surface area contributed by atoms with Crippen LogP contribution in [0.3, 0.4) is 0 Å². The second kappa shape index (κ2) is 7.30. The number of hydrogen-bond acceptors (Lipinski definition) is 2. The molecule has 0 saturated carbocycles. The molecule has 0 bridgehead atoms. The SMILES string of the molecule is CCOC(O[Si](CC)(CC)CC)C(F)F. The summed E-state index contributed by atoms with van der Waals surface area (Å²) in [5.41, 5.74) is 0. The van der Waals surface area contributed by atoms with Crippen LogP contribution in [0, 0.1) is 0 Å². The summed E-state index contributed by atoms with van der Waals surface area (Å²) in [6, 6.07) is 2.57. The lowest BCUT2D eigenvalue weighted by atomic mass is 10.7. The minimum atomic E-state index is -2.55. The highest BCUT2D eigenvalue weighted by Crippen LogP contribution is 2.25. The molecule has 0 aliphatic rings. The Morgan fingerprint density at radius 2 is 1.47 bits per heavy atom. The lowest BCUT2D eigenvalue weighted by Gasteiger charge is -2.32. The quantitative estimate of drug-likeness (QED) is 0.476. The van der Waals surface area contributed by atoms with E-state index >= 15 is 0 Å². The summed E-state index contributed by atoms with van der Waals surface area (Å²) >= 11 is 0. The van der Waals surface area contributed by atoms with Crippen molar-refractivity contribution in [2.24, 2.45) is 0 Å². The van der Waals surface area contributed by atoms with Crippen LogP contribution in [0.4, 0.5) is 8.78 Å². The number of hydrogen-bond donors (Lipinski definition) is 0. The molecule has 0 saturated heterocycles. The molecule has 0 aromatic heterocycles. The summed E-state index contributed by atoms with van der Waals surface area (Å²) in [6.07, 6.45) is -3.89. The normalized spacial score (nSPS) is 14.6. The molecule has 0 amide bonds. The average molecular weight is 240 g/mol. The zero-order chi connectivity index (χ0) is 11.9. The van der Waals surface area contributed by atoms with Gasteiger partial charge in [-0.25, -0.2) is 8.78 Å². The fourth-order valence-electron chi connectivity index (χ4n) is 1.57. The first-order valence-electron chi connectivity index (χ1n) is 5.62. The molecule has 0 radical (unpaired) electrons. The molecule has 0 aromatic carbocycles. The monoisotopic (exact) mass is 240 g/mol. The van der Waals surface area contributed by atoms with Gasteiger partial charge in [0.1, 0.15) is 0 Å². The largest absolute Gasteiger partial charge is 0.388 e. The van der Waals surface area contributed by atoms with Crippen molar-refractivity contribution in [1.29, 1.82) is 0 Å². The highest BCUT2D eigenvalue weighted by atomic mass is 28.4. The van der Waals surface area contributed by atoms with Gasteiger partial charge in [0.25, 0.3) is 6.43 Å². The van der Waals surface area contributed by atoms with Gasteiger partial charge in [-0.1, -0.05) is 20.8 Å². The van der Waals surface area contributed by atoms with E-state index in [0.29, 0.717) is 0 Å². The Hall–Kier alpha value is -0.00312. The van der Waals surface area contributed by atoms with Gasteiger partial charge in [-0.15, -0.1) is 0 Å². The second-order valence-electron chi connectivity index (χ2n) is 3.52. The first-order chi connectivity index (χ1) is 7.05. The smallest absolute Gasteiger partial charge is 0.287 e. The maximum Gasteiger partial charge on any atom is 0.287 e. The van der Waals surface area contributed by atoms with Crippen LogP contribution >= 0.6 is 0 Å². The summed E-state index contributed by atoms with van der Waals surface area (Å²) in [4.78, 5) is 0. The van der Waals surface area contributed by atoms with Crippen LogP contribution in [0.2, 0.25) is 18.1 Å². The molecule has 0 aliphatic carbocycles. The minimum absolute atomic E-state index is 0.261. The highest BCUT2D eigenvalue weighted by molar-refractivity contribution is 6.73. The fourth-order valence-corrected chi connectivity index (χ4v) is 4.23. The molecule has 5 heteroatoms. The molecular weight excluding hydrogens is 218 g/mol. The van der Waals surface area contributed by atoms with E-state index in [2.05, 4.69) is 0 Å². The van der Waals surface area contributed by atoms with Crippen molar-refractivity contribution in [3.63, 3.8) is 0 Å². The van der Waals surface area contributed by atoms with E-state index in [9.17, 15) is 8.78 Å². The molecule has 1 atom stereocenters. The predicted molar refractivity (Wildman–Crippen MR) is 59.7 cm³/mol. The first-order valence-corrected chi connectivity index (χ1v) is 8.15. The van der Waals surface area contributed by atoms with E-state index in [1.165, 1.54) is 0 Å². The Bertz CT molecular complexity index is 155. The molecule has 92 valence electrons. The Morgan fingerprint density at radius 1 is 1.00 bits per heavy atom. The van der Waals surface area contributed by atoms with Gasteiger partial charge < -0.3 is 9.16 Å². The maximum atomic E-state index is 12.6. The molecule has 0 aromatic rings. The van der Waals surface area contributed by atoms with Crippen molar-refractivity contribution < 1.29 is 17.9 Å². The minimum Gasteiger partial charge on any atom is -0.388 e. The Kier molecular flexibility index (Phi) is 7.30. The van der Waals surface area contributed by atoms with Gasteiger partial charge >= 0.3 is 0 Å². The lowest BCUT2D eigenvalue weighted by Crippen LogP contribution is -2.43. The average Bonchev–Trinajstić information content (AvgIpc) is 2.24. The molecule has 0 N–H and O–H groups in total. The number of halogens is 2. The summed E-state index contributed by atoms with van der Waals surface area (Å²) in [7, 11) is -1.99. The van der Waals surface area contributed by atoms with Crippen molar-refractivity contribution in [1.82, 2.24) is 0 Å². The zero-order valence-corrected chi connectivity index (χ0v) is 11.1. The Morgan fingerprint density at radius 3 is 1.73 bits per heavy atom. The molecule has 0 rings (SSSR count). The third-order valence-corrected chi connectivity index (χ3v) is 7.43. The van der Waals surface area contributed by atoms with Crippen molar-refractivity contribution >= 4 is 8.32 Å².